The molecule has 2 aromatic heterocycles. The molecule has 0 aliphatic heterocycles. The van der Waals surface area contributed by atoms with Crippen molar-refractivity contribution in [2.24, 2.45) is 0 Å². The van der Waals surface area contributed by atoms with Crippen LogP contribution in [-0.2, 0) is 13.0 Å². The zero-order valence-electron chi connectivity index (χ0n) is 9.52. The van der Waals surface area contributed by atoms with Gasteiger partial charge in [0.25, 0.3) is 0 Å². The Morgan fingerprint density at radius 2 is 2.00 bits per heavy atom. The van der Waals surface area contributed by atoms with Crippen molar-refractivity contribution in [2.75, 3.05) is 5.32 Å². The second kappa shape index (κ2) is 5.59. The van der Waals surface area contributed by atoms with Gasteiger partial charge in [0, 0.05) is 24.5 Å². The monoisotopic (exact) mass is 248 g/mol. The molecule has 17 heavy (non-hydrogen) atoms. The van der Waals surface area contributed by atoms with Crippen LogP contribution in [0, 0.1) is 0 Å². The van der Waals surface area contributed by atoms with Gasteiger partial charge in [0.1, 0.15) is 17.3 Å². The van der Waals surface area contributed by atoms with Crippen molar-refractivity contribution < 1.29 is 0 Å². The molecule has 0 aromatic carbocycles. The van der Waals surface area contributed by atoms with Crippen LogP contribution in [-0.4, -0.2) is 15.0 Å². The molecule has 4 nitrogen and oxygen atoms in total. The van der Waals surface area contributed by atoms with Gasteiger partial charge in [-0.05, 0) is 24.1 Å². The second-order valence-corrected chi connectivity index (χ2v) is 3.91. The van der Waals surface area contributed by atoms with Crippen molar-refractivity contribution in [1.82, 2.24) is 15.0 Å². The zero-order chi connectivity index (χ0) is 12.1. The van der Waals surface area contributed by atoms with Crippen LogP contribution in [0.3, 0.4) is 0 Å². The smallest absolute Gasteiger partial charge is 0.137 e. The first-order chi connectivity index (χ1) is 8.31. The van der Waals surface area contributed by atoms with E-state index in [0.29, 0.717) is 11.7 Å². The minimum Gasteiger partial charge on any atom is -0.366 e. The SMILES string of the molecule is CCc1c(Cl)ncnc1NCc1ccncc1. The molecule has 0 radical (unpaired) electrons. The zero-order valence-corrected chi connectivity index (χ0v) is 10.3. The van der Waals surface area contributed by atoms with Crippen molar-refractivity contribution in [3.8, 4) is 0 Å². The van der Waals surface area contributed by atoms with Gasteiger partial charge < -0.3 is 5.32 Å². The topological polar surface area (TPSA) is 50.7 Å². The maximum absolute atomic E-state index is 6.01. The number of aromatic nitrogens is 3. The maximum atomic E-state index is 6.01. The lowest BCUT2D eigenvalue weighted by Crippen LogP contribution is -2.05. The number of hydrogen-bond acceptors (Lipinski definition) is 4. The predicted molar refractivity (Wildman–Crippen MR) is 68.0 cm³/mol. The van der Waals surface area contributed by atoms with E-state index in [-0.39, 0.29) is 0 Å². The van der Waals surface area contributed by atoms with E-state index in [1.165, 1.54) is 6.33 Å². The van der Waals surface area contributed by atoms with Crippen LogP contribution in [0.4, 0.5) is 5.82 Å². The summed E-state index contributed by atoms with van der Waals surface area (Å²) in [6.07, 6.45) is 5.81. The van der Waals surface area contributed by atoms with Crippen LogP contribution < -0.4 is 5.32 Å². The number of anilines is 1. The quantitative estimate of drug-likeness (QED) is 0.846. The molecule has 2 aromatic rings. The Morgan fingerprint density at radius 3 is 2.71 bits per heavy atom. The van der Waals surface area contributed by atoms with Gasteiger partial charge in [0.15, 0.2) is 0 Å². The van der Waals surface area contributed by atoms with Crippen LogP contribution in [0.1, 0.15) is 18.1 Å². The summed E-state index contributed by atoms with van der Waals surface area (Å²) in [6, 6.07) is 3.92. The van der Waals surface area contributed by atoms with Crippen LogP contribution in [0.5, 0.6) is 0 Å². The van der Waals surface area contributed by atoms with Gasteiger partial charge in [0.05, 0.1) is 0 Å². The summed E-state index contributed by atoms with van der Waals surface area (Å²) in [5, 5.41) is 3.77. The average molecular weight is 249 g/mol. The second-order valence-electron chi connectivity index (χ2n) is 3.55. The summed E-state index contributed by atoms with van der Waals surface area (Å²) in [7, 11) is 0. The normalized spacial score (nSPS) is 10.2. The maximum Gasteiger partial charge on any atom is 0.137 e. The number of nitrogens with one attached hydrogen (secondary N) is 1. The Bertz CT molecular complexity index is 487. The first-order valence-corrected chi connectivity index (χ1v) is 5.81. The number of nitrogens with zero attached hydrogens (tertiary/aromatic N) is 3. The van der Waals surface area contributed by atoms with E-state index in [9.17, 15) is 0 Å². The minimum atomic E-state index is 0.514. The van der Waals surface area contributed by atoms with Crippen molar-refractivity contribution in [3.05, 3.63) is 47.1 Å². The van der Waals surface area contributed by atoms with E-state index < -0.39 is 0 Å². The highest BCUT2D eigenvalue weighted by molar-refractivity contribution is 6.30. The summed E-state index contributed by atoms with van der Waals surface area (Å²) in [5.74, 6) is 0.796. The standard InChI is InChI=1S/C12H13ClN4/c1-2-10-11(13)16-8-17-12(10)15-7-9-3-5-14-6-4-9/h3-6,8H,2,7H2,1H3,(H,15,16,17). The molecule has 2 heterocycles. The third kappa shape index (κ3) is 2.91. The molecule has 2 rings (SSSR count). The summed E-state index contributed by atoms with van der Waals surface area (Å²) in [6.45, 7) is 2.73. The third-order valence-electron chi connectivity index (χ3n) is 2.46. The highest BCUT2D eigenvalue weighted by atomic mass is 35.5. The van der Waals surface area contributed by atoms with Gasteiger partial charge in [-0.1, -0.05) is 18.5 Å². The molecule has 0 bridgehead atoms. The van der Waals surface area contributed by atoms with Gasteiger partial charge in [-0.15, -0.1) is 0 Å². The van der Waals surface area contributed by atoms with Gasteiger partial charge >= 0.3 is 0 Å². The molecule has 0 unspecified atom stereocenters. The lowest BCUT2D eigenvalue weighted by Gasteiger charge is -2.10. The Labute approximate surface area is 105 Å². The van der Waals surface area contributed by atoms with Crippen LogP contribution in [0.25, 0.3) is 0 Å². The molecule has 0 saturated carbocycles. The molecule has 0 saturated heterocycles. The van der Waals surface area contributed by atoms with Gasteiger partial charge in [-0.2, -0.15) is 0 Å². The summed E-state index contributed by atoms with van der Waals surface area (Å²) in [5.41, 5.74) is 2.10. The number of rotatable bonds is 4. The van der Waals surface area contributed by atoms with Crippen molar-refractivity contribution in [3.63, 3.8) is 0 Å². The molecular weight excluding hydrogens is 236 g/mol. The van der Waals surface area contributed by atoms with Gasteiger partial charge in [0.2, 0.25) is 0 Å². The summed E-state index contributed by atoms with van der Waals surface area (Å²) >= 11 is 6.01. The molecule has 0 aliphatic rings. The van der Waals surface area contributed by atoms with Crippen LogP contribution >= 0.6 is 11.6 Å². The van der Waals surface area contributed by atoms with Gasteiger partial charge in [-0.3, -0.25) is 4.98 Å². The summed E-state index contributed by atoms with van der Waals surface area (Å²) in [4.78, 5) is 12.1. The Kier molecular flexibility index (Phi) is 3.88. The fourth-order valence-electron chi connectivity index (χ4n) is 1.54. The van der Waals surface area contributed by atoms with E-state index in [2.05, 4.69) is 20.3 Å². The van der Waals surface area contributed by atoms with Crippen LogP contribution in [0.15, 0.2) is 30.9 Å². The molecular formula is C12H13ClN4. The first kappa shape index (κ1) is 11.8. The molecule has 0 fully saturated rings. The molecule has 1 N–H and O–H groups in total. The van der Waals surface area contributed by atoms with E-state index in [4.69, 9.17) is 11.6 Å². The lowest BCUT2D eigenvalue weighted by atomic mass is 10.2. The van der Waals surface area contributed by atoms with Crippen molar-refractivity contribution >= 4 is 17.4 Å². The number of halogens is 1. The van der Waals surface area contributed by atoms with Crippen LogP contribution in [0.2, 0.25) is 5.15 Å². The summed E-state index contributed by atoms with van der Waals surface area (Å²) < 4.78 is 0. The van der Waals surface area contributed by atoms with E-state index in [1.807, 2.05) is 19.1 Å². The fourth-order valence-corrected chi connectivity index (χ4v) is 1.81. The molecule has 88 valence electrons. The molecule has 0 spiro atoms. The Morgan fingerprint density at radius 1 is 1.24 bits per heavy atom. The minimum absolute atomic E-state index is 0.514. The highest BCUT2D eigenvalue weighted by Crippen LogP contribution is 2.20. The Hall–Kier alpha value is -1.68. The van der Waals surface area contributed by atoms with E-state index in [0.717, 1.165) is 23.4 Å². The highest BCUT2D eigenvalue weighted by Gasteiger charge is 2.07. The van der Waals surface area contributed by atoms with Crippen molar-refractivity contribution in [1.29, 1.82) is 0 Å². The largest absolute Gasteiger partial charge is 0.366 e. The predicted octanol–water partition coefficient (Wildman–Crippen LogP) is 2.70. The van der Waals surface area contributed by atoms with Crippen molar-refractivity contribution in [2.45, 2.75) is 19.9 Å². The van der Waals surface area contributed by atoms with E-state index >= 15 is 0 Å². The third-order valence-corrected chi connectivity index (χ3v) is 2.78. The molecule has 0 amide bonds. The fraction of sp³-hybridized carbons (Fsp3) is 0.250. The van der Waals surface area contributed by atoms with E-state index in [1.54, 1.807) is 12.4 Å². The first-order valence-electron chi connectivity index (χ1n) is 5.43. The lowest BCUT2D eigenvalue weighted by molar-refractivity contribution is 1.01. The molecule has 0 aliphatic carbocycles. The molecule has 0 atom stereocenters. The van der Waals surface area contributed by atoms with Gasteiger partial charge in [-0.25, -0.2) is 9.97 Å². The number of pyridine rings is 1. The molecule has 5 heteroatoms. The Balaban J connectivity index is 2.12. The average Bonchev–Trinajstić information content (AvgIpc) is 2.37. The number of hydrogen-bond donors (Lipinski definition) is 1.